The molecule has 0 N–H and O–H groups in total. The molecule has 4 heteroatoms. The molecule has 1 aliphatic carbocycles. The molecule has 0 saturated carbocycles. The maximum absolute atomic E-state index is 13.2. The normalized spacial score (nSPS) is 20.7. The molecule has 2 atom stereocenters. The second-order valence-electron chi connectivity index (χ2n) is 7.64. The molecular weight excluding hydrogens is 336 g/mol. The molecule has 2 amide bonds. The van der Waals surface area contributed by atoms with Crippen molar-refractivity contribution in [2.24, 2.45) is 0 Å². The Morgan fingerprint density at radius 3 is 2.33 bits per heavy atom. The highest BCUT2D eigenvalue weighted by molar-refractivity contribution is 5.80. The van der Waals surface area contributed by atoms with Gasteiger partial charge in [0, 0.05) is 20.5 Å². The highest BCUT2D eigenvalue weighted by atomic mass is 16.2. The number of amides is 2. The van der Waals surface area contributed by atoms with Crippen LogP contribution in [0.15, 0.2) is 48.5 Å². The maximum Gasteiger partial charge on any atom is 0.225 e. The number of rotatable bonds is 3. The monoisotopic (exact) mass is 362 g/mol. The van der Waals surface area contributed by atoms with Crippen molar-refractivity contribution in [2.45, 2.75) is 44.7 Å². The Labute approximate surface area is 160 Å². The van der Waals surface area contributed by atoms with Crippen LogP contribution < -0.4 is 0 Å². The van der Waals surface area contributed by atoms with E-state index in [9.17, 15) is 9.59 Å². The summed E-state index contributed by atoms with van der Waals surface area (Å²) in [5.41, 5.74) is 4.98. The van der Waals surface area contributed by atoms with Crippen LogP contribution in [0.3, 0.4) is 0 Å². The Morgan fingerprint density at radius 1 is 1.00 bits per heavy atom. The van der Waals surface area contributed by atoms with Gasteiger partial charge in [0.25, 0.3) is 0 Å². The van der Waals surface area contributed by atoms with E-state index in [4.69, 9.17) is 0 Å². The topological polar surface area (TPSA) is 40.6 Å². The van der Waals surface area contributed by atoms with Crippen LogP contribution in [0.2, 0.25) is 0 Å². The third kappa shape index (κ3) is 3.25. The number of aryl methyl sites for hydroxylation is 1. The van der Waals surface area contributed by atoms with Crippen LogP contribution in [-0.4, -0.2) is 35.2 Å². The van der Waals surface area contributed by atoms with Crippen molar-refractivity contribution in [3.63, 3.8) is 0 Å². The van der Waals surface area contributed by atoms with E-state index in [1.54, 1.807) is 6.92 Å². The van der Waals surface area contributed by atoms with E-state index < -0.39 is 0 Å². The minimum absolute atomic E-state index is 0.0381. The predicted octanol–water partition coefficient (Wildman–Crippen LogP) is 3.67. The number of hydrogen-bond donors (Lipinski definition) is 0. The molecule has 1 heterocycles. The summed E-state index contributed by atoms with van der Waals surface area (Å²) < 4.78 is 0. The summed E-state index contributed by atoms with van der Waals surface area (Å²) in [6.45, 7) is 2.28. The molecule has 0 spiro atoms. The molecule has 4 rings (SSSR count). The summed E-state index contributed by atoms with van der Waals surface area (Å²) in [5, 5.41) is 0. The van der Waals surface area contributed by atoms with Crippen LogP contribution in [0.25, 0.3) is 0 Å². The van der Waals surface area contributed by atoms with Crippen LogP contribution in [0.4, 0.5) is 0 Å². The van der Waals surface area contributed by atoms with Crippen molar-refractivity contribution in [3.8, 4) is 0 Å². The van der Waals surface area contributed by atoms with Crippen molar-refractivity contribution in [1.29, 1.82) is 0 Å². The molecule has 0 aromatic heterocycles. The number of benzene rings is 2. The fraction of sp³-hybridized carbons (Fsp3) is 0.391. The van der Waals surface area contributed by atoms with Gasteiger partial charge in [-0.15, -0.1) is 0 Å². The molecule has 0 bridgehead atoms. The van der Waals surface area contributed by atoms with Gasteiger partial charge in [-0.25, -0.2) is 0 Å². The minimum Gasteiger partial charge on any atom is -0.339 e. The van der Waals surface area contributed by atoms with Crippen LogP contribution in [-0.2, 0) is 22.4 Å². The first-order valence-electron chi connectivity index (χ1n) is 9.74. The number of carbonyl (C=O) groups is 2. The molecule has 2 aromatic carbocycles. The van der Waals surface area contributed by atoms with Crippen molar-refractivity contribution in [2.75, 3.05) is 13.6 Å². The molecule has 2 unspecified atom stereocenters. The Morgan fingerprint density at radius 2 is 1.63 bits per heavy atom. The largest absolute Gasteiger partial charge is 0.339 e. The number of nitrogens with zero attached hydrogens (tertiary/aromatic N) is 2. The zero-order chi connectivity index (χ0) is 19.0. The van der Waals surface area contributed by atoms with Gasteiger partial charge in [0.2, 0.25) is 11.8 Å². The second-order valence-corrected chi connectivity index (χ2v) is 7.64. The zero-order valence-corrected chi connectivity index (χ0v) is 16.0. The van der Waals surface area contributed by atoms with Gasteiger partial charge in [-0.2, -0.15) is 0 Å². The summed E-state index contributed by atoms with van der Waals surface area (Å²) in [4.78, 5) is 29.1. The quantitative estimate of drug-likeness (QED) is 0.836. The van der Waals surface area contributed by atoms with Gasteiger partial charge in [0.15, 0.2) is 0 Å². The molecular formula is C23H26N2O2. The highest BCUT2D eigenvalue weighted by Crippen LogP contribution is 2.37. The first-order chi connectivity index (χ1) is 13.1. The number of carbonyl (C=O) groups excluding carboxylic acids is 2. The summed E-state index contributed by atoms with van der Waals surface area (Å²) >= 11 is 0. The molecule has 1 aliphatic heterocycles. The predicted molar refractivity (Wildman–Crippen MR) is 105 cm³/mol. The lowest BCUT2D eigenvalue weighted by Crippen LogP contribution is -2.41. The molecule has 2 aromatic rings. The molecule has 0 fully saturated rings. The van der Waals surface area contributed by atoms with Crippen LogP contribution in [0, 0.1) is 0 Å². The average Bonchev–Trinajstić information content (AvgIpc) is 3.11. The SMILES string of the molecule is CC(=O)N1CCc2ccccc2C1CC(=O)N(C)C1CCc2ccccc21. The van der Waals surface area contributed by atoms with E-state index in [0.29, 0.717) is 13.0 Å². The lowest BCUT2D eigenvalue weighted by atomic mass is 9.90. The van der Waals surface area contributed by atoms with Gasteiger partial charge in [0.1, 0.15) is 0 Å². The molecule has 0 saturated heterocycles. The molecule has 4 nitrogen and oxygen atoms in total. The van der Waals surface area contributed by atoms with Crippen LogP contribution >= 0.6 is 0 Å². The zero-order valence-electron chi connectivity index (χ0n) is 16.0. The summed E-state index contributed by atoms with van der Waals surface area (Å²) in [7, 11) is 1.90. The maximum atomic E-state index is 13.2. The van der Waals surface area contributed by atoms with E-state index >= 15 is 0 Å². The molecule has 0 radical (unpaired) electrons. The Balaban J connectivity index is 1.57. The average molecular weight is 362 g/mol. The van der Waals surface area contributed by atoms with E-state index in [-0.39, 0.29) is 23.9 Å². The Bertz CT molecular complexity index is 876. The first-order valence-corrected chi connectivity index (χ1v) is 9.74. The fourth-order valence-electron chi connectivity index (χ4n) is 4.67. The molecule has 2 aliphatic rings. The number of fused-ring (bicyclic) bond motifs is 2. The van der Waals surface area contributed by atoms with Crippen LogP contribution in [0.5, 0.6) is 0 Å². The smallest absolute Gasteiger partial charge is 0.225 e. The van der Waals surface area contributed by atoms with Gasteiger partial charge in [-0.05, 0) is 41.5 Å². The Kier molecular flexibility index (Phi) is 4.73. The van der Waals surface area contributed by atoms with E-state index in [0.717, 1.165) is 24.8 Å². The van der Waals surface area contributed by atoms with Gasteiger partial charge in [0.05, 0.1) is 18.5 Å². The summed E-state index contributed by atoms with van der Waals surface area (Å²) in [6.07, 6.45) is 3.18. The minimum atomic E-state index is -0.168. The lowest BCUT2D eigenvalue weighted by molar-refractivity contribution is -0.137. The van der Waals surface area contributed by atoms with Gasteiger partial charge >= 0.3 is 0 Å². The molecule has 140 valence electrons. The fourth-order valence-corrected chi connectivity index (χ4v) is 4.67. The number of hydrogen-bond acceptors (Lipinski definition) is 2. The van der Waals surface area contributed by atoms with E-state index in [2.05, 4.69) is 30.3 Å². The van der Waals surface area contributed by atoms with Gasteiger partial charge < -0.3 is 9.80 Å². The molecule has 27 heavy (non-hydrogen) atoms. The third-order valence-corrected chi connectivity index (χ3v) is 6.15. The third-order valence-electron chi connectivity index (χ3n) is 6.15. The van der Waals surface area contributed by atoms with E-state index in [1.165, 1.54) is 16.7 Å². The standard InChI is InChI=1S/C23H26N2O2/c1-16(26)25-14-13-18-8-4-6-10-20(18)22(25)15-23(27)24(2)21-12-11-17-7-3-5-9-19(17)21/h3-10,21-22H,11-15H2,1-2H3. The van der Waals surface area contributed by atoms with Gasteiger partial charge in [-0.1, -0.05) is 48.5 Å². The van der Waals surface area contributed by atoms with Crippen molar-refractivity contribution < 1.29 is 9.59 Å². The van der Waals surface area contributed by atoms with Crippen molar-refractivity contribution in [1.82, 2.24) is 9.80 Å². The summed E-state index contributed by atoms with van der Waals surface area (Å²) in [6, 6.07) is 16.6. The van der Waals surface area contributed by atoms with Crippen molar-refractivity contribution >= 4 is 11.8 Å². The van der Waals surface area contributed by atoms with E-state index in [1.807, 2.05) is 35.0 Å². The Hall–Kier alpha value is -2.62. The second kappa shape index (κ2) is 7.18. The van der Waals surface area contributed by atoms with Crippen LogP contribution in [0.1, 0.15) is 54.1 Å². The highest BCUT2D eigenvalue weighted by Gasteiger charge is 2.34. The lowest BCUT2D eigenvalue weighted by Gasteiger charge is -2.38. The van der Waals surface area contributed by atoms with Crippen molar-refractivity contribution in [3.05, 3.63) is 70.8 Å². The summed E-state index contributed by atoms with van der Waals surface area (Å²) in [5.74, 6) is 0.140. The first kappa shape index (κ1) is 17.8. The van der Waals surface area contributed by atoms with Gasteiger partial charge in [-0.3, -0.25) is 9.59 Å².